The third-order valence-corrected chi connectivity index (χ3v) is 5.50. The van der Waals surface area contributed by atoms with Crippen LogP contribution in [0.4, 0.5) is 16.2 Å². The summed E-state index contributed by atoms with van der Waals surface area (Å²) in [5.74, 6) is 0.237. The zero-order chi connectivity index (χ0) is 23.8. The third kappa shape index (κ3) is 6.42. The Morgan fingerprint density at radius 2 is 1.76 bits per heavy atom. The van der Waals surface area contributed by atoms with Crippen molar-refractivity contribution < 1.29 is 19.2 Å². The minimum absolute atomic E-state index is 0.0584. The molecule has 0 aliphatic carbocycles. The molecule has 0 bridgehead atoms. The number of amides is 3. The van der Waals surface area contributed by atoms with Crippen LogP contribution in [0.5, 0.6) is 5.75 Å². The maximum Gasteiger partial charge on any atom is 0.317 e. The molecule has 0 radical (unpaired) electrons. The number of nitro groups is 1. The zero-order valence-electron chi connectivity index (χ0n) is 18.9. The number of likely N-dealkylation sites (N-methyl/N-ethyl adjacent to an activating group) is 1. The second kappa shape index (κ2) is 11.3. The molecule has 0 spiro atoms. The first-order valence-electron chi connectivity index (χ1n) is 10.8. The summed E-state index contributed by atoms with van der Waals surface area (Å²) in [4.78, 5) is 40.8. The number of nitrogens with one attached hydrogen (secondary N) is 1. The minimum atomic E-state index is -0.505. The molecule has 3 amide bonds. The van der Waals surface area contributed by atoms with Crippen molar-refractivity contribution in [2.24, 2.45) is 0 Å². The lowest BCUT2D eigenvalue weighted by molar-refractivity contribution is -0.384. The van der Waals surface area contributed by atoms with E-state index in [0.29, 0.717) is 36.6 Å². The van der Waals surface area contributed by atoms with E-state index in [1.807, 2.05) is 18.0 Å². The summed E-state index contributed by atoms with van der Waals surface area (Å²) < 4.78 is 5.88. The zero-order valence-corrected chi connectivity index (χ0v) is 18.9. The summed E-state index contributed by atoms with van der Waals surface area (Å²) in [6.07, 6.45) is 0.619. The second-order valence-electron chi connectivity index (χ2n) is 7.86. The van der Waals surface area contributed by atoms with Crippen LogP contribution in [-0.2, 0) is 0 Å². The number of ether oxygens (including phenoxy) is 1. The molecule has 1 N–H and O–H groups in total. The Kier molecular flexibility index (Phi) is 8.20. The van der Waals surface area contributed by atoms with E-state index in [-0.39, 0.29) is 17.6 Å². The molecule has 10 heteroatoms. The smallest absolute Gasteiger partial charge is 0.317 e. The van der Waals surface area contributed by atoms with E-state index in [1.54, 1.807) is 25.2 Å². The van der Waals surface area contributed by atoms with Crippen LogP contribution in [0.3, 0.4) is 0 Å². The van der Waals surface area contributed by atoms with Gasteiger partial charge in [0.1, 0.15) is 5.75 Å². The molecule has 1 fully saturated rings. The number of hydrogen-bond donors (Lipinski definition) is 1. The Bertz CT molecular complexity index is 973. The van der Waals surface area contributed by atoms with E-state index in [2.05, 4.69) is 10.2 Å². The number of carbonyl (C=O) groups is 2. The molecule has 1 heterocycles. The fourth-order valence-corrected chi connectivity index (χ4v) is 3.46. The number of nitro benzene ring substituents is 1. The number of carbonyl (C=O) groups excluding carboxylic acids is 2. The van der Waals surface area contributed by atoms with Gasteiger partial charge in [0.25, 0.3) is 11.6 Å². The van der Waals surface area contributed by atoms with Crippen LogP contribution in [0.1, 0.15) is 16.8 Å². The van der Waals surface area contributed by atoms with Crippen LogP contribution >= 0.6 is 0 Å². The van der Waals surface area contributed by atoms with Gasteiger partial charge >= 0.3 is 6.03 Å². The number of urea groups is 1. The van der Waals surface area contributed by atoms with Crippen LogP contribution < -0.4 is 15.0 Å². The second-order valence-corrected chi connectivity index (χ2v) is 7.86. The maximum atomic E-state index is 12.8. The Morgan fingerprint density at radius 1 is 1.09 bits per heavy atom. The van der Waals surface area contributed by atoms with Gasteiger partial charge in [0.2, 0.25) is 0 Å². The van der Waals surface area contributed by atoms with Crippen LogP contribution in [0.25, 0.3) is 0 Å². The number of benzene rings is 2. The standard InChI is InChI=1S/C23H29N5O5/c1-25-13-15-27(16-14-25)23(30)24-12-5-17-33-21-7-4-3-6-20(21)26(2)22(29)18-8-10-19(11-9-18)28(31)32/h3-4,6-11H,5,12-17H2,1-2H3,(H,24,30). The van der Waals surface area contributed by atoms with Crippen LogP contribution in [0.2, 0.25) is 0 Å². The fraction of sp³-hybridized carbons (Fsp3) is 0.391. The molecule has 1 aliphatic rings. The first-order valence-corrected chi connectivity index (χ1v) is 10.8. The first kappa shape index (κ1) is 24.0. The van der Waals surface area contributed by atoms with E-state index in [1.165, 1.54) is 29.2 Å². The monoisotopic (exact) mass is 455 g/mol. The molecule has 2 aromatic rings. The van der Waals surface area contributed by atoms with Crippen LogP contribution in [-0.4, -0.2) is 80.1 Å². The highest BCUT2D eigenvalue weighted by Gasteiger charge is 2.19. The van der Waals surface area contributed by atoms with Gasteiger partial charge in [0.15, 0.2) is 0 Å². The van der Waals surface area contributed by atoms with Crippen LogP contribution in [0.15, 0.2) is 48.5 Å². The van der Waals surface area contributed by atoms with Crippen molar-refractivity contribution >= 4 is 23.3 Å². The van der Waals surface area contributed by atoms with Gasteiger partial charge in [-0.15, -0.1) is 0 Å². The maximum absolute atomic E-state index is 12.8. The average Bonchev–Trinajstić information content (AvgIpc) is 2.83. The number of anilines is 1. The molecule has 2 aromatic carbocycles. The van der Waals surface area contributed by atoms with Gasteiger partial charge in [-0.05, 0) is 37.7 Å². The van der Waals surface area contributed by atoms with Crippen molar-refractivity contribution in [2.45, 2.75) is 6.42 Å². The summed E-state index contributed by atoms with van der Waals surface area (Å²) in [6.45, 7) is 4.06. The largest absolute Gasteiger partial charge is 0.491 e. The predicted octanol–water partition coefficient (Wildman–Crippen LogP) is 2.60. The summed E-state index contributed by atoms with van der Waals surface area (Å²) in [7, 11) is 3.67. The Morgan fingerprint density at radius 3 is 2.42 bits per heavy atom. The summed E-state index contributed by atoms with van der Waals surface area (Å²) >= 11 is 0. The molecule has 3 rings (SSSR count). The molecular weight excluding hydrogens is 426 g/mol. The topological polar surface area (TPSA) is 108 Å². The van der Waals surface area contributed by atoms with Crippen molar-refractivity contribution in [3.8, 4) is 5.75 Å². The van der Waals surface area contributed by atoms with Crippen molar-refractivity contribution in [1.29, 1.82) is 0 Å². The Balaban J connectivity index is 1.50. The number of hydrogen-bond acceptors (Lipinski definition) is 6. The number of nitrogens with zero attached hydrogens (tertiary/aromatic N) is 4. The van der Waals surface area contributed by atoms with Crippen molar-refractivity contribution in [2.75, 3.05) is 58.3 Å². The lowest BCUT2D eigenvalue weighted by atomic mass is 10.1. The minimum Gasteiger partial charge on any atom is -0.491 e. The molecule has 0 unspecified atom stereocenters. The van der Waals surface area contributed by atoms with Crippen molar-refractivity contribution in [1.82, 2.24) is 15.1 Å². The normalized spacial score (nSPS) is 13.9. The number of para-hydroxylation sites is 2. The third-order valence-electron chi connectivity index (χ3n) is 5.50. The van der Waals surface area contributed by atoms with Crippen molar-refractivity contribution in [3.63, 3.8) is 0 Å². The fourth-order valence-electron chi connectivity index (χ4n) is 3.46. The van der Waals surface area contributed by atoms with E-state index < -0.39 is 4.92 Å². The molecule has 10 nitrogen and oxygen atoms in total. The van der Waals surface area contributed by atoms with Gasteiger partial charge in [-0.2, -0.15) is 0 Å². The molecule has 0 aromatic heterocycles. The lowest BCUT2D eigenvalue weighted by Gasteiger charge is -2.32. The molecular formula is C23H29N5O5. The molecule has 0 saturated carbocycles. The lowest BCUT2D eigenvalue weighted by Crippen LogP contribution is -2.50. The highest BCUT2D eigenvalue weighted by Crippen LogP contribution is 2.28. The van der Waals surface area contributed by atoms with Crippen LogP contribution in [0, 0.1) is 10.1 Å². The van der Waals surface area contributed by atoms with E-state index in [4.69, 9.17) is 4.74 Å². The van der Waals surface area contributed by atoms with E-state index in [0.717, 1.165) is 26.2 Å². The highest BCUT2D eigenvalue weighted by atomic mass is 16.6. The number of piperazine rings is 1. The van der Waals surface area contributed by atoms with E-state index >= 15 is 0 Å². The number of non-ortho nitro benzene ring substituents is 1. The SMILES string of the molecule is CN1CCN(C(=O)NCCCOc2ccccc2N(C)C(=O)c2ccc([N+](=O)[O-])cc2)CC1. The van der Waals surface area contributed by atoms with Gasteiger partial charge in [-0.1, -0.05) is 12.1 Å². The van der Waals surface area contributed by atoms with Gasteiger partial charge in [-0.3, -0.25) is 14.9 Å². The molecule has 33 heavy (non-hydrogen) atoms. The molecule has 1 saturated heterocycles. The summed E-state index contributed by atoms with van der Waals surface area (Å²) in [6, 6.07) is 12.6. The van der Waals surface area contributed by atoms with Gasteiger partial charge in [-0.25, -0.2) is 4.79 Å². The first-order chi connectivity index (χ1) is 15.9. The Hall–Kier alpha value is -3.66. The molecule has 0 atom stereocenters. The number of rotatable bonds is 8. The van der Waals surface area contributed by atoms with E-state index in [9.17, 15) is 19.7 Å². The Labute approximate surface area is 192 Å². The summed E-state index contributed by atoms with van der Waals surface area (Å²) in [5.41, 5.74) is 0.851. The average molecular weight is 456 g/mol. The molecule has 176 valence electrons. The van der Waals surface area contributed by atoms with Gasteiger partial charge in [0, 0.05) is 57.5 Å². The quantitative estimate of drug-likeness (QED) is 0.372. The predicted molar refractivity (Wildman–Crippen MR) is 125 cm³/mol. The highest BCUT2D eigenvalue weighted by molar-refractivity contribution is 6.06. The van der Waals surface area contributed by atoms with Gasteiger partial charge < -0.3 is 24.8 Å². The van der Waals surface area contributed by atoms with Gasteiger partial charge in [0.05, 0.1) is 17.2 Å². The van der Waals surface area contributed by atoms with Crippen molar-refractivity contribution in [3.05, 3.63) is 64.2 Å². The molecule has 1 aliphatic heterocycles. The summed E-state index contributed by atoms with van der Waals surface area (Å²) in [5, 5.41) is 13.7.